The molecule has 0 bridgehead atoms. The molecule has 2 aliphatic rings. The van der Waals surface area contributed by atoms with Crippen LogP contribution in [0.3, 0.4) is 0 Å². The zero-order chi connectivity index (χ0) is 13.8. The minimum absolute atomic E-state index is 0.0395. The lowest BCUT2D eigenvalue weighted by molar-refractivity contribution is -0.140. The Morgan fingerprint density at radius 2 is 1.95 bits per heavy atom. The van der Waals surface area contributed by atoms with Crippen molar-refractivity contribution in [3.63, 3.8) is 0 Å². The van der Waals surface area contributed by atoms with E-state index in [1.54, 1.807) is 4.90 Å². The average Bonchev–Trinajstić information content (AvgIpc) is 2.74. The number of carboxylic acid groups (broad SMARTS) is 1. The van der Waals surface area contributed by atoms with E-state index in [0.29, 0.717) is 6.54 Å². The molecule has 0 radical (unpaired) electrons. The molecule has 100 valence electrons. The van der Waals surface area contributed by atoms with Gasteiger partial charge in [-0.25, -0.2) is 0 Å². The van der Waals surface area contributed by atoms with Crippen molar-refractivity contribution in [2.45, 2.75) is 20.3 Å². The third kappa shape index (κ3) is 1.66. The maximum Gasteiger partial charge on any atom is 0.307 e. The van der Waals surface area contributed by atoms with Crippen LogP contribution < -0.4 is 4.90 Å². The van der Waals surface area contributed by atoms with Gasteiger partial charge in [-0.3, -0.25) is 9.59 Å². The van der Waals surface area contributed by atoms with Crippen molar-refractivity contribution >= 4 is 17.6 Å². The summed E-state index contributed by atoms with van der Waals surface area (Å²) in [6.45, 7) is 4.38. The fourth-order valence-electron chi connectivity index (χ4n) is 3.29. The van der Waals surface area contributed by atoms with Crippen LogP contribution in [-0.2, 0) is 16.0 Å². The van der Waals surface area contributed by atoms with Gasteiger partial charge in [-0.2, -0.15) is 0 Å². The van der Waals surface area contributed by atoms with Crippen LogP contribution in [0.2, 0.25) is 0 Å². The SMILES string of the molecule is CC1(C)[C@H](C(=O)O)[C@@H]1C(=O)N1CCc2ccccc21. The smallest absolute Gasteiger partial charge is 0.307 e. The Kier molecular flexibility index (Phi) is 2.46. The number of carbonyl (C=O) groups is 2. The Morgan fingerprint density at radius 3 is 2.58 bits per heavy atom. The Hall–Kier alpha value is -1.84. The molecule has 4 heteroatoms. The van der Waals surface area contributed by atoms with E-state index in [9.17, 15) is 14.7 Å². The summed E-state index contributed by atoms with van der Waals surface area (Å²) in [4.78, 5) is 25.5. The number of hydrogen-bond acceptors (Lipinski definition) is 2. The van der Waals surface area contributed by atoms with Crippen LogP contribution >= 0.6 is 0 Å². The molecule has 2 atom stereocenters. The lowest BCUT2D eigenvalue weighted by atomic mass is 10.1. The highest BCUT2D eigenvalue weighted by molar-refractivity contribution is 6.02. The first kappa shape index (κ1) is 12.2. The van der Waals surface area contributed by atoms with Crippen molar-refractivity contribution in [2.75, 3.05) is 11.4 Å². The Bertz CT molecular complexity index is 564. The summed E-state index contributed by atoms with van der Waals surface area (Å²) in [5.41, 5.74) is 1.68. The predicted molar refractivity (Wildman–Crippen MR) is 70.9 cm³/mol. The summed E-state index contributed by atoms with van der Waals surface area (Å²) >= 11 is 0. The molecule has 1 N–H and O–H groups in total. The summed E-state index contributed by atoms with van der Waals surface area (Å²) in [5, 5.41) is 9.18. The Morgan fingerprint density at radius 1 is 1.26 bits per heavy atom. The van der Waals surface area contributed by atoms with Crippen molar-refractivity contribution < 1.29 is 14.7 Å². The van der Waals surface area contributed by atoms with Crippen LogP contribution in [0.15, 0.2) is 24.3 Å². The van der Waals surface area contributed by atoms with Gasteiger partial charge in [0.05, 0.1) is 11.8 Å². The number of aliphatic carboxylic acids is 1. The topological polar surface area (TPSA) is 57.6 Å². The number of anilines is 1. The number of nitrogens with zero attached hydrogens (tertiary/aromatic N) is 1. The van der Waals surface area contributed by atoms with E-state index in [1.807, 2.05) is 38.1 Å². The molecule has 3 rings (SSSR count). The molecule has 0 unspecified atom stereocenters. The molecule has 1 aliphatic carbocycles. The number of carboxylic acids is 1. The van der Waals surface area contributed by atoms with Crippen molar-refractivity contribution in [2.24, 2.45) is 17.3 Å². The lowest BCUT2D eigenvalue weighted by Gasteiger charge is -2.18. The zero-order valence-electron chi connectivity index (χ0n) is 11.1. The lowest BCUT2D eigenvalue weighted by Crippen LogP contribution is -2.32. The van der Waals surface area contributed by atoms with Gasteiger partial charge in [-0.15, -0.1) is 0 Å². The zero-order valence-corrected chi connectivity index (χ0v) is 11.1. The molecule has 0 aromatic heterocycles. The van der Waals surface area contributed by atoms with Crippen molar-refractivity contribution in [3.8, 4) is 0 Å². The van der Waals surface area contributed by atoms with E-state index in [2.05, 4.69) is 0 Å². The largest absolute Gasteiger partial charge is 0.481 e. The Balaban J connectivity index is 1.86. The molecule has 1 heterocycles. The van der Waals surface area contributed by atoms with Crippen LogP contribution in [0.25, 0.3) is 0 Å². The van der Waals surface area contributed by atoms with E-state index in [1.165, 1.54) is 5.56 Å². The van der Waals surface area contributed by atoms with Crippen molar-refractivity contribution in [3.05, 3.63) is 29.8 Å². The van der Waals surface area contributed by atoms with Gasteiger partial charge in [0.25, 0.3) is 0 Å². The van der Waals surface area contributed by atoms with E-state index in [-0.39, 0.29) is 5.91 Å². The number of rotatable bonds is 2. The van der Waals surface area contributed by atoms with Gasteiger partial charge in [-0.1, -0.05) is 32.0 Å². The second kappa shape index (κ2) is 3.83. The summed E-state index contributed by atoms with van der Waals surface area (Å²) in [7, 11) is 0. The molecule has 4 nitrogen and oxygen atoms in total. The van der Waals surface area contributed by atoms with Crippen LogP contribution in [-0.4, -0.2) is 23.5 Å². The first-order valence-electron chi connectivity index (χ1n) is 6.56. The number of fused-ring (bicyclic) bond motifs is 1. The van der Waals surface area contributed by atoms with Gasteiger partial charge in [-0.05, 0) is 23.5 Å². The molecule has 0 spiro atoms. The van der Waals surface area contributed by atoms with Crippen molar-refractivity contribution in [1.29, 1.82) is 0 Å². The monoisotopic (exact) mass is 259 g/mol. The van der Waals surface area contributed by atoms with Gasteiger partial charge < -0.3 is 10.0 Å². The quantitative estimate of drug-likeness (QED) is 0.883. The van der Waals surface area contributed by atoms with Crippen LogP contribution in [0.1, 0.15) is 19.4 Å². The van der Waals surface area contributed by atoms with Gasteiger partial charge in [0.15, 0.2) is 0 Å². The predicted octanol–water partition coefficient (Wildman–Crippen LogP) is 1.93. The van der Waals surface area contributed by atoms with Crippen LogP contribution in [0.5, 0.6) is 0 Å². The molecule has 1 aliphatic heterocycles. The van der Waals surface area contributed by atoms with Crippen LogP contribution in [0, 0.1) is 17.3 Å². The Labute approximate surface area is 112 Å². The minimum Gasteiger partial charge on any atom is -0.481 e. The van der Waals surface area contributed by atoms with E-state index in [4.69, 9.17) is 0 Å². The number of para-hydroxylation sites is 1. The summed E-state index contributed by atoms with van der Waals surface area (Å²) in [6, 6.07) is 7.84. The molecular formula is C15H17NO3. The van der Waals surface area contributed by atoms with Gasteiger partial charge in [0.2, 0.25) is 5.91 Å². The number of carbonyl (C=O) groups excluding carboxylic acids is 1. The molecule has 1 saturated carbocycles. The van der Waals surface area contributed by atoms with Gasteiger partial charge >= 0.3 is 5.97 Å². The first-order valence-corrected chi connectivity index (χ1v) is 6.56. The molecule has 1 aromatic rings. The summed E-state index contributed by atoms with van der Waals surface area (Å²) in [5.74, 6) is -1.85. The highest BCUT2D eigenvalue weighted by atomic mass is 16.4. The minimum atomic E-state index is -0.865. The molecule has 1 amide bonds. The maximum absolute atomic E-state index is 12.6. The second-order valence-electron chi connectivity index (χ2n) is 5.98. The fourth-order valence-corrected chi connectivity index (χ4v) is 3.29. The average molecular weight is 259 g/mol. The molecule has 1 fully saturated rings. The third-order valence-corrected chi connectivity index (χ3v) is 4.51. The van der Waals surface area contributed by atoms with Gasteiger partial charge in [0.1, 0.15) is 0 Å². The molecule has 19 heavy (non-hydrogen) atoms. The third-order valence-electron chi connectivity index (χ3n) is 4.51. The number of amides is 1. The normalized spacial score (nSPS) is 26.9. The maximum atomic E-state index is 12.6. The first-order chi connectivity index (χ1) is 8.94. The fraction of sp³-hybridized carbons (Fsp3) is 0.467. The standard InChI is InChI=1S/C15H17NO3/c1-15(2)11(12(15)14(18)19)13(17)16-8-7-9-5-3-4-6-10(9)16/h3-6,11-12H,7-8H2,1-2H3,(H,18,19)/t11-,12+/m1/s1. The molecule has 0 saturated heterocycles. The van der Waals surface area contributed by atoms with Gasteiger partial charge in [0, 0.05) is 12.2 Å². The molecular weight excluding hydrogens is 242 g/mol. The highest BCUT2D eigenvalue weighted by Gasteiger charge is 2.66. The summed E-state index contributed by atoms with van der Waals surface area (Å²) < 4.78 is 0. The van der Waals surface area contributed by atoms with Crippen molar-refractivity contribution in [1.82, 2.24) is 0 Å². The highest BCUT2D eigenvalue weighted by Crippen LogP contribution is 2.59. The second-order valence-corrected chi connectivity index (χ2v) is 5.98. The van der Waals surface area contributed by atoms with E-state index >= 15 is 0 Å². The number of hydrogen-bond donors (Lipinski definition) is 1. The van der Waals surface area contributed by atoms with E-state index < -0.39 is 23.2 Å². The number of benzene rings is 1. The molecule has 1 aromatic carbocycles. The van der Waals surface area contributed by atoms with Crippen LogP contribution in [0.4, 0.5) is 5.69 Å². The van der Waals surface area contributed by atoms with E-state index in [0.717, 1.165) is 12.1 Å². The summed E-state index contributed by atoms with van der Waals surface area (Å²) in [6.07, 6.45) is 0.854.